The number of carbonyl (C=O) groups excluding carboxylic acids is 1. The molecule has 0 aromatic carbocycles. The van der Waals surface area contributed by atoms with E-state index in [-0.39, 0.29) is 23.5 Å². The number of pyridine rings is 1. The third-order valence-corrected chi connectivity index (χ3v) is 10.7. The number of hydrogen-bond acceptors (Lipinski definition) is 6. The molecular formula is C28H40N4O3. The first-order valence-electron chi connectivity index (χ1n) is 13.9. The van der Waals surface area contributed by atoms with E-state index >= 15 is 0 Å². The van der Waals surface area contributed by atoms with Gasteiger partial charge in [-0.25, -0.2) is 4.68 Å². The van der Waals surface area contributed by atoms with Crippen LogP contribution in [0.1, 0.15) is 71.6 Å². The van der Waals surface area contributed by atoms with Crippen molar-refractivity contribution in [3.05, 3.63) is 18.5 Å². The highest BCUT2D eigenvalue weighted by molar-refractivity contribution is 5.84. The van der Waals surface area contributed by atoms with Crippen molar-refractivity contribution in [3.63, 3.8) is 0 Å². The van der Waals surface area contributed by atoms with E-state index in [1.165, 1.54) is 25.7 Å². The second kappa shape index (κ2) is 9.22. The smallest absolute Gasteiger partial charge is 0.157 e. The predicted octanol–water partition coefficient (Wildman–Crippen LogP) is 4.43. The van der Waals surface area contributed by atoms with E-state index in [1.807, 2.05) is 13.0 Å². The summed E-state index contributed by atoms with van der Waals surface area (Å²) in [6, 6.07) is 1.89. The third-order valence-electron chi connectivity index (χ3n) is 10.7. The summed E-state index contributed by atoms with van der Waals surface area (Å²) in [6.07, 6.45) is 13.3. The molecule has 7 heteroatoms. The number of ketones is 1. The number of aliphatic hydroxyl groups is 1. The highest BCUT2D eigenvalue weighted by atomic mass is 16.5. The van der Waals surface area contributed by atoms with Crippen LogP contribution in [0.4, 0.5) is 0 Å². The molecule has 35 heavy (non-hydrogen) atoms. The van der Waals surface area contributed by atoms with Gasteiger partial charge in [0.05, 0.1) is 23.9 Å². The van der Waals surface area contributed by atoms with Gasteiger partial charge in [0.15, 0.2) is 5.78 Å². The number of carbonyl (C=O) groups is 1. The molecule has 1 N–H and O–H groups in total. The van der Waals surface area contributed by atoms with E-state index in [9.17, 15) is 9.90 Å². The van der Waals surface area contributed by atoms with Crippen molar-refractivity contribution < 1.29 is 14.6 Å². The monoisotopic (exact) mass is 480 g/mol. The van der Waals surface area contributed by atoms with E-state index < -0.39 is 0 Å². The molecule has 0 amide bonds. The van der Waals surface area contributed by atoms with Crippen molar-refractivity contribution in [2.75, 3.05) is 6.61 Å². The van der Waals surface area contributed by atoms with Gasteiger partial charge in [-0.05, 0) is 106 Å². The van der Waals surface area contributed by atoms with E-state index in [2.05, 4.69) is 22.2 Å². The van der Waals surface area contributed by atoms with Gasteiger partial charge >= 0.3 is 0 Å². The van der Waals surface area contributed by atoms with Gasteiger partial charge in [0.1, 0.15) is 12.1 Å². The number of Topliss-reactive ketones (excluding diaryl/α,β-unsaturated/α-hetero) is 1. The maximum absolute atomic E-state index is 13.6. The minimum Gasteiger partial charge on any atom is -0.390 e. The Balaban J connectivity index is 1.18. The molecule has 2 heterocycles. The molecule has 4 saturated carbocycles. The molecule has 2 aromatic heterocycles. The summed E-state index contributed by atoms with van der Waals surface area (Å²) in [5.41, 5.74) is 1.73. The average Bonchev–Trinajstić information content (AvgIpc) is 3.38. The molecule has 4 fully saturated rings. The molecule has 9 unspecified atom stereocenters. The first-order chi connectivity index (χ1) is 17.0. The van der Waals surface area contributed by atoms with Gasteiger partial charge < -0.3 is 9.84 Å². The van der Waals surface area contributed by atoms with Crippen LogP contribution in [-0.4, -0.2) is 49.7 Å². The van der Waals surface area contributed by atoms with Gasteiger partial charge in [-0.1, -0.05) is 12.1 Å². The normalized spacial score (nSPS) is 41.1. The van der Waals surface area contributed by atoms with Crippen LogP contribution in [0.3, 0.4) is 0 Å². The molecule has 190 valence electrons. The summed E-state index contributed by atoms with van der Waals surface area (Å²) in [4.78, 5) is 17.8. The number of nitrogens with zero attached hydrogens (tertiary/aromatic N) is 4. The first-order valence-corrected chi connectivity index (χ1v) is 13.9. The van der Waals surface area contributed by atoms with E-state index in [0.29, 0.717) is 36.7 Å². The summed E-state index contributed by atoms with van der Waals surface area (Å²) >= 11 is 0. The molecule has 0 bridgehead atoms. The zero-order valence-corrected chi connectivity index (χ0v) is 21.2. The van der Waals surface area contributed by atoms with Crippen molar-refractivity contribution in [2.24, 2.45) is 40.9 Å². The molecule has 2 aromatic rings. The fourth-order valence-corrected chi connectivity index (χ4v) is 9.10. The summed E-state index contributed by atoms with van der Waals surface area (Å²) in [7, 11) is 0. The largest absolute Gasteiger partial charge is 0.390 e. The van der Waals surface area contributed by atoms with Gasteiger partial charge in [-0.3, -0.25) is 9.78 Å². The number of hydrogen-bond donors (Lipinski definition) is 1. The minimum absolute atomic E-state index is 0.0116. The van der Waals surface area contributed by atoms with Crippen LogP contribution >= 0.6 is 0 Å². The Hall–Kier alpha value is -1.86. The molecule has 6 rings (SSSR count). The van der Waals surface area contributed by atoms with Gasteiger partial charge in [-0.2, -0.15) is 0 Å². The SMILES string of the molecule is CCOC1CC2CCC3C(CCC4(C)C(C(=O)Cn5nnc6cnccc65)CCC34)C2CCC1O. The van der Waals surface area contributed by atoms with Crippen LogP contribution in [-0.2, 0) is 16.1 Å². The van der Waals surface area contributed by atoms with Crippen molar-refractivity contribution >= 4 is 16.8 Å². The molecule has 7 nitrogen and oxygen atoms in total. The Kier molecular flexibility index (Phi) is 6.20. The number of ether oxygens (including phenoxy) is 1. The third kappa shape index (κ3) is 3.93. The quantitative estimate of drug-likeness (QED) is 0.681. The lowest BCUT2D eigenvalue weighted by Gasteiger charge is -2.54. The molecule has 0 spiro atoms. The molecular weight excluding hydrogens is 440 g/mol. The highest BCUT2D eigenvalue weighted by Gasteiger charge is 2.58. The number of aromatic nitrogens is 4. The maximum Gasteiger partial charge on any atom is 0.157 e. The summed E-state index contributed by atoms with van der Waals surface area (Å²) < 4.78 is 7.72. The Labute approximate surface area is 208 Å². The summed E-state index contributed by atoms with van der Waals surface area (Å²) in [5.74, 6) is 3.95. The van der Waals surface area contributed by atoms with Gasteiger partial charge in [0, 0.05) is 18.7 Å². The summed E-state index contributed by atoms with van der Waals surface area (Å²) in [6.45, 7) is 5.44. The van der Waals surface area contributed by atoms with Crippen molar-refractivity contribution in [3.8, 4) is 0 Å². The lowest BCUT2D eigenvalue weighted by atomic mass is 9.50. The van der Waals surface area contributed by atoms with Gasteiger partial charge in [-0.15, -0.1) is 5.10 Å². The molecule has 4 aliphatic carbocycles. The van der Waals surface area contributed by atoms with Gasteiger partial charge in [0.25, 0.3) is 0 Å². The average molecular weight is 481 g/mol. The topological polar surface area (TPSA) is 90.1 Å². The Morgan fingerprint density at radius 3 is 2.86 bits per heavy atom. The van der Waals surface area contributed by atoms with Crippen molar-refractivity contribution in [1.82, 2.24) is 20.0 Å². The number of rotatable bonds is 5. The van der Waals surface area contributed by atoms with Gasteiger partial charge in [0.2, 0.25) is 0 Å². The lowest BCUT2D eigenvalue weighted by molar-refractivity contribution is -0.130. The van der Waals surface area contributed by atoms with Crippen molar-refractivity contribution in [1.29, 1.82) is 0 Å². The molecule has 0 saturated heterocycles. The first kappa shape index (κ1) is 23.5. The molecule has 9 atom stereocenters. The standard InChI is InChI=1S/C28H40N4O3/c1-3-35-27-14-17-4-5-20-19(18(17)6-9-25(27)33)10-12-28(2)21(20)7-8-22(28)26(34)16-32-24-11-13-29-15-23(24)30-31-32/h11,13,15,17-22,25,27,33H,3-10,12,14,16H2,1-2H3. The lowest BCUT2D eigenvalue weighted by Crippen LogP contribution is -2.48. The van der Waals surface area contributed by atoms with Crippen LogP contribution in [0.25, 0.3) is 11.0 Å². The van der Waals surface area contributed by atoms with Crippen LogP contribution in [0.5, 0.6) is 0 Å². The van der Waals surface area contributed by atoms with Crippen molar-refractivity contribution in [2.45, 2.75) is 90.4 Å². The zero-order valence-electron chi connectivity index (χ0n) is 21.2. The Morgan fingerprint density at radius 1 is 1.14 bits per heavy atom. The molecule has 0 radical (unpaired) electrons. The number of fused-ring (bicyclic) bond motifs is 6. The van der Waals surface area contributed by atoms with Crippen LogP contribution < -0.4 is 0 Å². The predicted molar refractivity (Wildman–Crippen MR) is 132 cm³/mol. The fourth-order valence-electron chi connectivity index (χ4n) is 9.10. The molecule has 0 aliphatic heterocycles. The Morgan fingerprint density at radius 2 is 2.00 bits per heavy atom. The van der Waals surface area contributed by atoms with Crippen LogP contribution in [0, 0.1) is 40.9 Å². The minimum atomic E-state index is -0.315. The van der Waals surface area contributed by atoms with E-state index in [1.54, 1.807) is 17.1 Å². The summed E-state index contributed by atoms with van der Waals surface area (Å²) in [5, 5.41) is 19.1. The Bertz CT molecular complexity index is 1070. The van der Waals surface area contributed by atoms with Crippen LogP contribution in [0.2, 0.25) is 0 Å². The number of aliphatic hydroxyl groups excluding tert-OH is 1. The second-order valence-electron chi connectivity index (χ2n) is 12.1. The molecule has 4 aliphatic rings. The zero-order chi connectivity index (χ0) is 24.2. The van der Waals surface area contributed by atoms with E-state index in [4.69, 9.17) is 4.74 Å². The van der Waals surface area contributed by atoms with E-state index in [0.717, 1.165) is 55.0 Å². The second-order valence-corrected chi connectivity index (χ2v) is 12.1. The van der Waals surface area contributed by atoms with Crippen LogP contribution in [0.15, 0.2) is 18.5 Å². The fraction of sp³-hybridized carbons (Fsp3) is 0.786. The maximum atomic E-state index is 13.6. The highest BCUT2D eigenvalue weighted by Crippen LogP contribution is 2.64.